The number of benzene rings is 1. The number of halogens is 3. The van der Waals surface area contributed by atoms with Crippen LogP contribution < -0.4 is 0 Å². The minimum atomic E-state index is -4.42. The first-order valence-corrected chi connectivity index (χ1v) is 6.43. The molecule has 0 atom stereocenters. The SMILES string of the molecule is O=Cc1ccn2nc(Cc3ccccc3C(F)(F)F)nc2c1. The summed E-state index contributed by atoms with van der Waals surface area (Å²) < 4.78 is 40.3. The number of carbonyl (C=O) groups is 1. The predicted molar refractivity (Wildman–Crippen MR) is 72.6 cm³/mol. The Morgan fingerprint density at radius 3 is 2.68 bits per heavy atom. The molecule has 0 fully saturated rings. The third kappa shape index (κ3) is 2.69. The van der Waals surface area contributed by atoms with Crippen LogP contribution >= 0.6 is 0 Å². The van der Waals surface area contributed by atoms with Crippen molar-refractivity contribution in [2.24, 2.45) is 0 Å². The zero-order chi connectivity index (χ0) is 15.7. The van der Waals surface area contributed by atoms with Gasteiger partial charge in [0, 0.05) is 18.2 Å². The molecule has 3 aromatic rings. The zero-order valence-corrected chi connectivity index (χ0v) is 11.2. The van der Waals surface area contributed by atoms with Crippen molar-refractivity contribution in [2.75, 3.05) is 0 Å². The minimum absolute atomic E-state index is 0.0339. The quantitative estimate of drug-likeness (QED) is 0.698. The molecule has 0 aliphatic heterocycles. The summed E-state index contributed by atoms with van der Waals surface area (Å²) in [5.41, 5.74) is 0.273. The molecule has 0 saturated heterocycles. The van der Waals surface area contributed by atoms with E-state index in [2.05, 4.69) is 10.1 Å². The molecule has 2 aromatic heterocycles. The van der Waals surface area contributed by atoms with Crippen LogP contribution in [0.1, 0.15) is 27.3 Å². The second-order valence-electron chi connectivity index (χ2n) is 4.74. The van der Waals surface area contributed by atoms with Gasteiger partial charge in [-0.25, -0.2) is 9.50 Å². The highest BCUT2D eigenvalue weighted by molar-refractivity contribution is 5.76. The van der Waals surface area contributed by atoms with Crippen LogP contribution in [-0.4, -0.2) is 20.9 Å². The minimum Gasteiger partial charge on any atom is -0.298 e. The van der Waals surface area contributed by atoms with Crippen LogP contribution in [0.5, 0.6) is 0 Å². The van der Waals surface area contributed by atoms with Gasteiger partial charge in [0.2, 0.25) is 0 Å². The number of carbonyl (C=O) groups excluding carboxylic acids is 1. The standard InChI is InChI=1S/C15H10F3N3O/c16-15(17,18)12-4-2-1-3-11(12)8-13-19-14-7-10(9-22)5-6-21(14)20-13/h1-7,9H,8H2. The molecule has 0 amide bonds. The Morgan fingerprint density at radius 2 is 1.95 bits per heavy atom. The van der Waals surface area contributed by atoms with Crippen LogP contribution in [0, 0.1) is 0 Å². The van der Waals surface area contributed by atoms with E-state index in [-0.39, 0.29) is 17.8 Å². The molecule has 0 radical (unpaired) electrons. The van der Waals surface area contributed by atoms with Crippen molar-refractivity contribution in [3.8, 4) is 0 Å². The summed E-state index contributed by atoms with van der Waals surface area (Å²) in [4.78, 5) is 14.9. The summed E-state index contributed by atoms with van der Waals surface area (Å²) in [6, 6.07) is 8.42. The van der Waals surface area contributed by atoms with E-state index in [4.69, 9.17) is 0 Å². The summed E-state index contributed by atoms with van der Waals surface area (Å²) in [6.45, 7) is 0. The fourth-order valence-corrected chi connectivity index (χ4v) is 2.21. The molecule has 0 N–H and O–H groups in total. The summed E-state index contributed by atoms with van der Waals surface area (Å²) >= 11 is 0. The van der Waals surface area contributed by atoms with Crippen LogP contribution in [0.3, 0.4) is 0 Å². The second-order valence-corrected chi connectivity index (χ2v) is 4.74. The van der Waals surface area contributed by atoms with Gasteiger partial charge >= 0.3 is 6.18 Å². The predicted octanol–water partition coefficient (Wildman–Crippen LogP) is 3.15. The number of alkyl halides is 3. The molecule has 3 rings (SSSR count). The van der Waals surface area contributed by atoms with Crippen LogP contribution in [0.25, 0.3) is 5.65 Å². The van der Waals surface area contributed by atoms with Crippen LogP contribution in [0.2, 0.25) is 0 Å². The summed E-state index contributed by atoms with van der Waals surface area (Å²) in [7, 11) is 0. The van der Waals surface area contributed by atoms with Crippen molar-refractivity contribution in [2.45, 2.75) is 12.6 Å². The van der Waals surface area contributed by atoms with Gasteiger partial charge in [0.15, 0.2) is 11.5 Å². The Morgan fingerprint density at radius 1 is 1.18 bits per heavy atom. The molecule has 0 saturated carbocycles. The largest absolute Gasteiger partial charge is 0.416 e. The van der Waals surface area contributed by atoms with E-state index in [1.807, 2.05) is 0 Å². The average Bonchev–Trinajstić information content (AvgIpc) is 2.87. The van der Waals surface area contributed by atoms with Crippen molar-refractivity contribution < 1.29 is 18.0 Å². The molecule has 112 valence electrons. The van der Waals surface area contributed by atoms with Crippen molar-refractivity contribution in [1.29, 1.82) is 0 Å². The van der Waals surface area contributed by atoms with Crippen molar-refractivity contribution >= 4 is 11.9 Å². The number of hydrogen-bond acceptors (Lipinski definition) is 3. The molecule has 22 heavy (non-hydrogen) atoms. The van der Waals surface area contributed by atoms with Gasteiger partial charge in [-0.2, -0.15) is 18.3 Å². The summed E-state index contributed by atoms with van der Waals surface area (Å²) in [6.07, 6.45) is -2.23. The Balaban J connectivity index is 1.99. The Hall–Kier alpha value is -2.70. The molecule has 0 bridgehead atoms. The normalized spacial score (nSPS) is 11.8. The molecule has 0 unspecified atom stereocenters. The Kier molecular flexibility index (Phi) is 3.40. The van der Waals surface area contributed by atoms with Gasteiger partial charge in [0.05, 0.1) is 5.56 Å². The van der Waals surface area contributed by atoms with E-state index < -0.39 is 11.7 Å². The Labute approximate surface area is 123 Å². The van der Waals surface area contributed by atoms with Gasteiger partial charge in [-0.05, 0) is 23.8 Å². The molecule has 4 nitrogen and oxygen atoms in total. The average molecular weight is 305 g/mol. The molecular formula is C15H10F3N3O. The number of nitrogens with zero attached hydrogens (tertiary/aromatic N) is 3. The number of aldehydes is 1. The highest BCUT2D eigenvalue weighted by atomic mass is 19.4. The van der Waals surface area contributed by atoms with Gasteiger partial charge in [0.25, 0.3) is 0 Å². The third-order valence-corrected chi connectivity index (χ3v) is 3.21. The lowest BCUT2D eigenvalue weighted by Crippen LogP contribution is -2.09. The van der Waals surface area contributed by atoms with E-state index in [1.54, 1.807) is 18.3 Å². The van der Waals surface area contributed by atoms with Gasteiger partial charge in [-0.1, -0.05) is 18.2 Å². The van der Waals surface area contributed by atoms with E-state index in [1.165, 1.54) is 22.7 Å². The monoisotopic (exact) mass is 305 g/mol. The Bertz CT molecular complexity index is 839. The lowest BCUT2D eigenvalue weighted by atomic mass is 10.0. The summed E-state index contributed by atoms with van der Waals surface area (Å²) in [5.74, 6) is 0.264. The first-order valence-electron chi connectivity index (χ1n) is 6.43. The fourth-order valence-electron chi connectivity index (χ4n) is 2.21. The summed E-state index contributed by atoms with van der Waals surface area (Å²) in [5, 5.41) is 4.13. The van der Waals surface area contributed by atoms with Crippen molar-refractivity contribution in [1.82, 2.24) is 14.6 Å². The lowest BCUT2D eigenvalue weighted by Gasteiger charge is -2.11. The molecule has 2 heterocycles. The number of rotatable bonds is 3. The molecule has 7 heteroatoms. The molecular weight excluding hydrogens is 295 g/mol. The molecule has 1 aromatic carbocycles. The van der Waals surface area contributed by atoms with E-state index in [9.17, 15) is 18.0 Å². The smallest absolute Gasteiger partial charge is 0.298 e. The number of fused-ring (bicyclic) bond motifs is 1. The van der Waals surface area contributed by atoms with E-state index >= 15 is 0 Å². The fraction of sp³-hybridized carbons (Fsp3) is 0.133. The zero-order valence-electron chi connectivity index (χ0n) is 11.2. The van der Waals surface area contributed by atoms with E-state index in [0.717, 1.165) is 6.07 Å². The third-order valence-electron chi connectivity index (χ3n) is 3.21. The number of pyridine rings is 1. The topological polar surface area (TPSA) is 47.3 Å². The van der Waals surface area contributed by atoms with E-state index in [0.29, 0.717) is 17.5 Å². The lowest BCUT2D eigenvalue weighted by molar-refractivity contribution is -0.138. The number of aromatic nitrogens is 3. The van der Waals surface area contributed by atoms with Crippen LogP contribution in [0.15, 0.2) is 42.6 Å². The number of hydrogen-bond donors (Lipinski definition) is 0. The van der Waals surface area contributed by atoms with Gasteiger partial charge < -0.3 is 0 Å². The first kappa shape index (κ1) is 14.2. The highest BCUT2D eigenvalue weighted by Gasteiger charge is 2.33. The molecule has 0 spiro atoms. The van der Waals surface area contributed by atoms with Crippen molar-refractivity contribution in [3.05, 3.63) is 65.1 Å². The first-order chi connectivity index (χ1) is 10.5. The van der Waals surface area contributed by atoms with Gasteiger partial charge in [-0.3, -0.25) is 4.79 Å². The van der Waals surface area contributed by atoms with Gasteiger partial charge in [0.1, 0.15) is 6.29 Å². The maximum Gasteiger partial charge on any atom is 0.416 e. The maximum absolute atomic E-state index is 13.0. The van der Waals surface area contributed by atoms with Crippen LogP contribution in [-0.2, 0) is 12.6 Å². The maximum atomic E-state index is 13.0. The molecule has 0 aliphatic carbocycles. The van der Waals surface area contributed by atoms with Crippen LogP contribution in [0.4, 0.5) is 13.2 Å². The molecule has 0 aliphatic rings. The second kappa shape index (κ2) is 5.25. The highest BCUT2D eigenvalue weighted by Crippen LogP contribution is 2.32. The van der Waals surface area contributed by atoms with Crippen molar-refractivity contribution in [3.63, 3.8) is 0 Å². The van der Waals surface area contributed by atoms with Gasteiger partial charge in [-0.15, -0.1) is 0 Å².